The molecule has 2 amide bonds. The number of aromatic hydroxyl groups is 2. The van der Waals surface area contributed by atoms with Crippen molar-refractivity contribution in [3.05, 3.63) is 398 Å². The fourth-order valence-corrected chi connectivity index (χ4v) is 17.4. The maximum absolute atomic E-state index is 13.0. The summed E-state index contributed by atoms with van der Waals surface area (Å²) < 4.78 is 58.8. The van der Waals surface area contributed by atoms with Crippen LogP contribution in [0, 0.1) is 28.2 Å². The van der Waals surface area contributed by atoms with Gasteiger partial charge in [-0.25, -0.2) is 9.59 Å². The van der Waals surface area contributed by atoms with Gasteiger partial charge in [0.2, 0.25) is 0 Å². The molecule has 0 aliphatic heterocycles. The van der Waals surface area contributed by atoms with E-state index in [1.165, 1.54) is 28.3 Å². The molecule has 0 saturated carbocycles. The molecule has 15 aromatic rings. The van der Waals surface area contributed by atoms with E-state index in [4.69, 9.17) is 42.6 Å². The van der Waals surface area contributed by atoms with Gasteiger partial charge in [0.15, 0.2) is 0 Å². The number of nitrogens with zero attached hydrogens (tertiary/aromatic N) is 4. The molecule has 0 radical (unpaired) electrons. The first-order valence-electron chi connectivity index (χ1n) is 49.0. The normalized spacial score (nSPS) is 10.7. The number of benzene rings is 11. The van der Waals surface area contributed by atoms with Crippen molar-refractivity contribution in [2.75, 3.05) is 54.7 Å². The van der Waals surface area contributed by atoms with Crippen LogP contribution < -0.4 is 49.3 Å². The van der Waals surface area contributed by atoms with Gasteiger partial charge in [-0.3, -0.25) is 9.59 Å². The smallest absolute Gasteiger partial charge is 0.492 e. The molecule has 0 aliphatic rings. The summed E-state index contributed by atoms with van der Waals surface area (Å²) in [5.74, 6) is 5.48. The molecule has 0 atom stereocenters. The quantitative estimate of drug-likeness (QED) is 0.0120. The Bertz CT molecular complexity index is 6530. The Morgan fingerprint density at radius 2 is 0.633 bits per heavy atom. The minimum Gasteiger partial charge on any atom is -0.508 e. The number of phenols is 2. The number of aryl methyl sites for hydroxylation is 3. The molecule has 4 aromatic heterocycles. The number of hydrogen-bond acceptors (Lipinski definition) is 17. The predicted molar refractivity (Wildman–Crippen MR) is 587 cm³/mol. The summed E-state index contributed by atoms with van der Waals surface area (Å²) in [6.07, 6.45) is 0. The number of carbonyl (C=O) groups excluding carboxylic acids is 4. The first kappa shape index (κ1) is 116. The van der Waals surface area contributed by atoms with Gasteiger partial charge < -0.3 is 99.2 Å². The van der Waals surface area contributed by atoms with Gasteiger partial charge in [0, 0.05) is 87.9 Å². The molecule has 4 heterocycles. The van der Waals surface area contributed by atoms with E-state index in [0.29, 0.717) is 135 Å². The molecule has 0 fully saturated rings. The largest absolute Gasteiger partial charge is 0.508 e. The van der Waals surface area contributed by atoms with Gasteiger partial charge in [-0.05, 0) is 299 Å². The van der Waals surface area contributed by atoms with Crippen molar-refractivity contribution in [3.8, 4) is 85.5 Å². The number of rotatable bonds is 37. The topological polar surface area (TPSA) is 276 Å². The van der Waals surface area contributed by atoms with Gasteiger partial charge in [-0.2, -0.15) is 0 Å². The van der Waals surface area contributed by atoms with Crippen LogP contribution in [0.4, 0.5) is 0 Å². The summed E-state index contributed by atoms with van der Waals surface area (Å²) in [4.78, 5) is 50.5. The minimum absolute atomic E-state index is 0. The molecule has 0 spiro atoms. The van der Waals surface area contributed by atoms with Gasteiger partial charge in [0.05, 0.1) is 63.3 Å². The molecule has 0 saturated heterocycles. The Balaban J connectivity index is 0.000000208. The van der Waals surface area contributed by atoms with Crippen LogP contribution in [0.5, 0.6) is 51.7 Å². The third-order valence-corrected chi connectivity index (χ3v) is 25.3. The standard InChI is InChI=1S/C32H36N2O3.C32H35NO4.C24H28N2O4.C17H21BO3.C15H16BrNO3.CH3.Pd/c1-6-33-32(35)30-17-16-29(34(30)20-24-12-14-26(36-5)15-13-24)28-19-27(22(2)3)23(4)18-31(28)37-21-25-10-8-7-9-11-25;1-6-36-32(34)30-17-16-29(33(30)20-24-12-14-26(35-5)15-13-24)28-19-27(22(2)3)23(4)18-31(28)37-21-25-10-8-7-9-11-25;1-5-25-24(29)21-11-10-20(19-12-18(15(2)3)22(27)13-23(19)28)26(21)14-16-6-8-17(30-4)9-7-16;1-12(2)15-10-16(18(19)20)17(9-13(15)3)21-11-14-7-5-4-6-8-14;1-3-20-15(18)13-8-9-14(16)17(13)10-11-4-6-12(19-2)7-5-11;;/h7-19,22H,6,20-21H2,1-5H3,(H,33,35);7-19,22H,6,20-21H2,1-5H3;6-13,15,27-28H,5,14H2,1-4H3,(H,25,29);4-10,12,19-20H,11H2,1-3H3;4-9H,3,10H2,1-2H3;1H3;/q;;;;;-1;. The third-order valence-electron chi connectivity index (χ3n) is 24.6. The zero-order chi connectivity index (χ0) is 105. The fraction of sp³-hybridized carbons (Fsp3) is 0.281. The first-order chi connectivity index (χ1) is 69.8. The summed E-state index contributed by atoms with van der Waals surface area (Å²) in [5.41, 5.74) is 22.9. The van der Waals surface area contributed by atoms with Crippen LogP contribution >= 0.6 is 15.9 Å². The van der Waals surface area contributed by atoms with Gasteiger partial charge in [-0.15, -0.1) is 0 Å². The van der Waals surface area contributed by atoms with Crippen LogP contribution in [0.1, 0.15) is 227 Å². The molecular formula is C121H139BBrN6O17Pd-. The van der Waals surface area contributed by atoms with Crippen LogP contribution in [-0.2, 0) is 75.9 Å². The summed E-state index contributed by atoms with van der Waals surface area (Å²) >= 11 is 3.45. The van der Waals surface area contributed by atoms with Crippen molar-refractivity contribution in [1.29, 1.82) is 0 Å². The number of esters is 2. The summed E-state index contributed by atoms with van der Waals surface area (Å²) in [5, 5.41) is 45.7. The number of nitrogens with one attached hydrogen (secondary N) is 2. The van der Waals surface area contributed by atoms with Crippen molar-refractivity contribution in [1.82, 2.24) is 28.9 Å². The Morgan fingerprint density at radius 1 is 0.340 bits per heavy atom. The second kappa shape index (κ2) is 57.0. The second-order valence-electron chi connectivity index (χ2n) is 36.1. The van der Waals surface area contributed by atoms with Crippen LogP contribution in [0.15, 0.2) is 290 Å². The summed E-state index contributed by atoms with van der Waals surface area (Å²) in [6, 6.07) is 91.8. The van der Waals surface area contributed by atoms with Crippen molar-refractivity contribution in [2.24, 2.45) is 0 Å². The van der Waals surface area contributed by atoms with E-state index in [9.17, 15) is 39.4 Å². The van der Waals surface area contributed by atoms with Crippen molar-refractivity contribution >= 4 is 52.3 Å². The Hall–Kier alpha value is -14.3. The number of ether oxygens (including phenoxy) is 9. The van der Waals surface area contributed by atoms with E-state index in [0.717, 1.165) is 117 Å². The zero-order valence-electron chi connectivity index (χ0n) is 87.9. The zero-order valence-corrected chi connectivity index (χ0v) is 91.0. The second-order valence-corrected chi connectivity index (χ2v) is 37.0. The Morgan fingerprint density at radius 3 is 0.959 bits per heavy atom. The molecule has 147 heavy (non-hydrogen) atoms. The van der Waals surface area contributed by atoms with Gasteiger partial charge >= 0.3 is 19.1 Å². The van der Waals surface area contributed by atoms with E-state index in [1.807, 2.05) is 268 Å². The molecule has 23 nitrogen and oxygen atoms in total. The van der Waals surface area contributed by atoms with E-state index in [2.05, 4.69) is 135 Å². The monoisotopic (exact) mass is 2140 g/mol. The number of methoxy groups -OCH3 is 4. The molecule has 0 aliphatic carbocycles. The molecule has 0 bridgehead atoms. The van der Waals surface area contributed by atoms with Crippen LogP contribution in [0.2, 0.25) is 0 Å². The third kappa shape index (κ3) is 31.6. The number of carbonyl (C=O) groups is 4. The van der Waals surface area contributed by atoms with Crippen LogP contribution in [0.3, 0.4) is 0 Å². The molecule has 6 N–H and O–H groups in total. The maximum atomic E-state index is 13.0. The van der Waals surface area contributed by atoms with E-state index in [-0.39, 0.29) is 69.0 Å². The van der Waals surface area contributed by atoms with E-state index >= 15 is 0 Å². The van der Waals surface area contributed by atoms with Crippen molar-refractivity contribution in [3.63, 3.8) is 0 Å². The molecule has 15 rings (SSSR count). The molecule has 26 heteroatoms. The SMILES string of the molecule is CCNC(=O)c1ccc(-c2cc(C(C)C)c(C)cc2OCc2ccccc2)n1Cc1ccc(OC)cc1.CCNC(=O)c1ccc(-c2cc(C(C)C)c(O)cc2O)n1Cc1ccc(OC)cc1.CCOC(=O)c1ccc(-c2cc(C(C)C)c(C)cc2OCc2ccccc2)n1Cc1ccc(OC)cc1.CCOC(=O)c1ccc(Br)n1Cc1ccc(OC)cc1.Cc1cc(OCc2ccccc2)c(B(O)O)cc1C(C)C.[CH3-].[Pd]. The average Bonchev–Trinajstić information content (AvgIpc) is 1.67. The molecular weight excluding hydrogens is 2010 g/mol. The average molecular weight is 2150 g/mol. The molecule has 0 unspecified atom stereocenters. The number of aromatic nitrogens is 4. The van der Waals surface area contributed by atoms with Crippen molar-refractivity contribution in [2.45, 2.75) is 174 Å². The fourth-order valence-electron chi connectivity index (χ4n) is 17.0. The van der Waals surface area contributed by atoms with Crippen LogP contribution in [0.25, 0.3) is 33.8 Å². The number of amides is 2. The molecule has 11 aromatic carbocycles. The number of halogens is 1. The van der Waals surface area contributed by atoms with E-state index < -0.39 is 7.12 Å². The molecule has 776 valence electrons. The maximum Gasteiger partial charge on any atom is 0.492 e. The minimum atomic E-state index is -1.53. The number of phenolic OH excluding ortho intramolecular Hbond substituents is 2. The number of hydrogen-bond donors (Lipinski definition) is 6. The summed E-state index contributed by atoms with van der Waals surface area (Å²) in [6.45, 7) is 35.8. The van der Waals surface area contributed by atoms with Crippen LogP contribution in [-0.4, -0.2) is 124 Å². The van der Waals surface area contributed by atoms with E-state index in [1.54, 1.807) is 53.6 Å². The Kier molecular flexibility index (Phi) is 45.1. The first-order valence-corrected chi connectivity index (χ1v) is 49.8. The van der Waals surface area contributed by atoms with Gasteiger partial charge in [-0.1, -0.05) is 201 Å². The summed E-state index contributed by atoms with van der Waals surface area (Å²) in [7, 11) is 5.03. The Labute approximate surface area is 889 Å². The van der Waals surface area contributed by atoms with Gasteiger partial charge in [0.1, 0.15) is 94.3 Å². The van der Waals surface area contributed by atoms with Crippen molar-refractivity contribution < 1.29 is 102 Å². The predicted octanol–water partition coefficient (Wildman–Crippen LogP) is 25.2. The van der Waals surface area contributed by atoms with Gasteiger partial charge in [0.25, 0.3) is 11.8 Å².